The standard InChI is InChI=1S/C12H24N2O/c1-2-12-9-14(7-8-15-12)11-5-3-10(13)4-6-11/h10-12H,2-9,13H2,1H3. The molecule has 1 saturated heterocycles. The van der Waals surface area contributed by atoms with Crippen molar-refractivity contribution in [3.8, 4) is 0 Å². The molecule has 0 aromatic heterocycles. The van der Waals surface area contributed by atoms with Crippen LogP contribution in [-0.2, 0) is 4.74 Å². The van der Waals surface area contributed by atoms with Crippen molar-refractivity contribution in [3.05, 3.63) is 0 Å². The van der Waals surface area contributed by atoms with Crippen LogP contribution in [0, 0.1) is 0 Å². The Morgan fingerprint density at radius 3 is 2.67 bits per heavy atom. The lowest BCUT2D eigenvalue weighted by Crippen LogP contribution is -2.49. The summed E-state index contributed by atoms with van der Waals surface area (Å²) in [7, 11) is 0. The second kappa shape index (κ2) is 5.28. The SMILES string of the molecule is CCC1CN(C2CCC(N)CC2)CCO1. The van der Waals surface area contributed by atoms with Gasteiger partial charge in [0, 0.05) is 25.2 Å². The monoisotopic (exact) mass is 212 g/mol. The molecule has 1 aliphatic heterocycles. The fourth-order valence-corrected chi connectivity index (χ4v) is 2.79. The van der Waals surface area contributed by atoms with E-state index in [-0.39, 0.29) is 0 Å². The molecule has 2 rings (SSSR count). The van der Waals surface area contributed by atoms with E-state index >= 15 is 0 Å². The molecule has 1 unspecified atom stereocenters. The van der Waals surface area contributed by atoms with Crippen LogP contribution in [0.1, 0.15) is 39.0 Å². The predicted octanol–water partition coefficient (Wildman–Crippen LogP) is 1.37. The normalized spacial score (nSPS) is 39.2. The topological polar surface area (TPSA) is 38.5 Å². The molecule has 0 aromatic carbocycles. The van der Waals surface area contributed by atoms with Crippen LogP contribution in [-0.4, -0.2) is 42.8 Å². The van der Waals surface area contributed by atoms with Crippen LogP contribution in [0.4, 0.5) is 0 Å². The van der Waals surface area contributed by atoms with Gasteiger partial charge in [-0.15, -0.1) is 0 Å². The fourth-order valence-electron chi connectivity index (χ4n) is 2.79. The minimum atomic E-state index is 0.462. The van der Waals surface area contributed by atoms with Crippen LogP contribution in [0.3, 0.4) is 0 Å². The molecule has 0 bridgehead atoms. The highest BCUT2D eigenvalue weighted by Crippen LogP contribution is 2.24. The van der Waals surface area contributed by atoms with Gasteiger partial charge in [-0.3, -0.25) is 4.90 Å². The van der Waals surface area contributed by atoms with Crippen molar-refractivity contribution < 1.29 is 4.74 Å². The van der Waals surface area contributed by atoms with E-state index in [1.165, 1.54) is 25.7 Å². The van der Waals surface area contributed by atoms with Gasteiger partial charge in [-0.2, -0.15) is 0 Å². The number of hydrogen-bond acceptors (Lipinski definition) is 3. The average Bonchev–Trinajstić information content (AvgIpc) is 2.30. The van der Waals surface area contributed by atoms with Gasteiger partial charge in [-0.1, -0.05) is 6.92 Å². The zero-order chi connectivity index (χ0) is 10.7. The quantitative estimate of drug-likeness (QED) is 0.751. The van der Waals surface area contributed by atoms with E-state index in [0.29, 0.717) is 12.1 Å². The fraction of sp³-hybridized carbons (Fsp3) is 1.00. The molecule has 0 amide bonds. The lowest BCUT2D eigenvalue weighted by Gasteiger charge is -2.40. The Labute approximate surface area is 93.0 Å². The molecule has 2 N–H and O–H groups in total. The minimum Gasteiger partial charge on any atom is -0.376 e. The van der Waals surface area contributed by atoms with Gasteiger partial charge >= 0.3 is 0 Å². The van der Waals surface area contributed by atoms with Crippen LogP contribution in [0.15, 0.2) is 0 Å². The van der Waals surface area contributed by atoms with Gasteiger partial charge < -0.3 is 10.5 Å². The van der Waals surface area contributed by atoms with Crippen molar-refractivity contribution in [2.75, 3.05) is 19.7 Å². The largest absolute Gasteiger partial charge is 0.376 e. The lowest BCUT2D eigenvalue weighted by molar-refractivity contribution is -0.0496. The molecule has 2 aliphatic rings. The van der Waals surface area contributed by atoms with Gasteiger partial charge in [0.2, 0.25) is 0 Å². The van der Waals surface area contributed by atoms with E-state index in [1.54, 1.807) is 0 Å². The first-order valence-corrected chi connectivity index (χ1v) is 6.40. The zero-order valence-electron chi connectivity index (χ0n) is 9.82. The predicted molar refractivity (Wildman–Crippen MR) is 61.8 cm³/mol. The van der Waals surface area contributed by atoms with Crippen molar-refractivity contribution in [1.82, 2.24) is 4.90 Å². The third kappa shape index (κ3) is 2.92. The van der Waals surface area contributed by atoms with Gasteiger partial charge in [-0.25, -0.2) is 0 Å². The first kappa shape index (κ1) is 11.4. The van der Waals surface area contributed by atoms with Crippen molar-refractivity contribution in [2.45, 2.75) is 57.2 Å². The highest BCUT2D eigenvalue weighted by atomic mass is 16.5. The number of rotatable bonds is 2. The van der Waals surface area contributed by atoms with Gasteiger partial charge in [-0.05, 0) is 32.1 Å². The maximum Gasteiger partial charge on any atom is 0.0700 e. The van der Waals surface area contributed by atoms with Gasteiger partial charge in [0.05, 0.1) is 12.7 Å². The molecule has 0 spiro atoms. The molecule has 2 fully saturated rings. The first-order valence-electron chi connectivity index (χ1n) is 6.40. The zero-order valence-corrected chi connectivity index (χ0v) is 9.82. The summed E-state index contributed by atoms with van der Waals surface area (Å²) in [5.74, 6) is 0. The van der Waals surface area contributed by atoms with E-state index in [0.717, 1.165) is 32.2 Å². The molecule has 1 saturated carbocycles. The molecule has 1 atom stereocenters. The summed E-state index contributed by atoms with van der Waals surface area (Å²) < 4.78 is 5.70. The lowest BCUT2D eigenvalue weighted by atomic mass is 9.90. The molecule has 88 valence electrons. The van der Waals surface area contributed by atoms with E-state index in [2.05, 4.69) is 11.8 Å². The maximum absolute atomic E-state index is 5.94. The summed E-state index contributed by atoms with van der Waals surface area (Å²) in [5, 5.41) is 0. The van der Waals surface area contributed by atoms with Crippen molar-refractivity contribution >= 4 is 0 Å². The smallest absolute Gasteiger partial charge is 0.0700 e. The number of nitrogens with zero attached hydrogens (tertiary/aromatic N) is 1. The summed E-state index contributed by atoms with van der Waals surface area (Å²) >= 11 is 0. The highest BCUT2D eigenvalue weighted by molar-refractivity contribution is 4.83. The van der Waals surface area contributed by atoms with E-state index in [4.69, 9.17) is 10.5 Å². The second-order valence-corrected chi connectivity index (χ2v) is 4.96. The number of ether oxygens (including phenoxy) is 1. The Kier molecular flexibility index (Phi) is 4.00. The van der Waals surface area contributed by atoms with Gasteiger partial charge in [0.25, 0.3) is 0 Å². The van der Waals surface area contributed by atoms with Crippen LogP contribution >= 0.6 is 0 Å². The van der Waals surface area contributed by atoms with Crippen molar-refractivity contribution in [1.29, 1.82) is 0 Å². The Morgan fingerprint density at radius 2 is 2.00 bits per heavy atom. The van der Waals surface area contributed by atoms with Gasteiger partial charge in [0.1, 0.15) is 0 Å². The summed E-state index contributed by atoms with van der Waals surface area (Å²) in [5.41, 5.74) is 5.94. The molecular formula is C12H24N2O. The van der Waals surface area contributed by atoms with Crippen LogP contribution < -0.4 is 5.73 Å². The third-order valence-electron chi connectivity index (χ3n) is 3.88. The Hall–Kier alpha value is -0.120. The van der Waals surface area contributed by atoms with E-state index < -0.39 is 0 Å². The Morgan fingerprint density at radius 1 is 1.27 bits per heavy atom. The number of hydrogen-bond donors (Lipinski definition) is 1. The first-order chi connectivity index (χ1) is 7.29. The summed E-state index contributed by atoms with van der Waals surface area (Å²) in [6.07, 6.45) is 6.60. The molecule has 1 aliphatic carbocycles. The van der Waals surface area contributed by atoms with Gasteiger partial charge in [0.15, 0.2) is 0 Å². The highest BCUT2D eigenvalue weighted by Gasteiger charge is 2.28. The van der Waals surface area contributed by atoms with Crippen molar-refractivity contribution in [3.63, 3.8) is 0 Å². The number of nitrogens with two attached hydrogens (primary N) is 1. The third-order valence-corrected chi connectivity index (χ3v) is 3.88. The maximum atomic E-state index is 5.94. The molecule has 3 nitrogen and oxygen atoms in total. The van der Waals surface area contributed by atoms with Crippen molar-refractivity contribution in [2.24, 2.45) is 5.73 Å². The average molecular weight is 212 g/mol. The molecule has 15 heavy (non-hydrogen) atoms. The molecule has 1 heterocycles. The number of morpholine rings is 1. The molecule has 0 aromatic rings. The van der Waals surface area contributed by atoms with E-state index in [1.807, 2.05) is 0 Å². The Bertz CT molecular complexity index is 190. The molecule has 0 radical (unpaired) electrons. The molecule has 3 heteroatoms. The van der Waals surface area contributed by atoms with Crippen LogP contribution in [0.5, 0.6) is 0 Å². The Balaban J connectivity index is 1.82. The summed E-state index contributed by atoms with van der Waals surface area (Å²) in [6, 6.07) is 1.24. The summed E-state index contributed by atoms with van der Waals surface area (Å²) in [4.78, 5) is 2.63. The minimum absolute atomic E-state index is 0.462. The summed E-state index contributed by atoms with van der Waals surface area (Å²) in [6.45, 7) is 5.39. The van der Waals surface area contributed by atoms with E-state index in [9.17, 15) is 0 Å². The molecular weight excluding hydrogens is 188 g/mol. The second-order valence-electron chi connectivity index (χ2n) is 4.96. The van der Waals surface area contributed by atoms with Crippen LogP contribution in [0.25, 0.3) is 0 Å². The van der Waals surface area contributed by atoms with Crippen LogP contribution in [0.2, 0.25) is 0 Å².